The molecule has 0 N–H and O–H groups in total. The molecule has 144 valence electrons. The molecule has 5 nitrogen and oxygen atoms in total. The third-order valence-electron chi connectivity index (χ3n) is 5.96. The van der Waals surface area contributed by atoms with Crippen LogP contribution in [-0.4, -0.2) is 61.9 Å². The summed E-state index contributed by atoms with van der Waals surface area (Å²) in [6.45, 7) is 5.65. The van der Waals surface area contributed by atoms with Crippen molar-refractivity contribution >= 4 is 11.6 Å². The fourth-order valence-corrected chi connectivity index (χ4v) is 3.89. The standard InChI is InChI=1S/C20H29FN2O3/c1-19(2,25-4)18(24)23-11-9-20(10-12-23)13-17(14-26-20)22(3)16-7-5-15(21)6-8-16/h5-8,17H,9-14H2,1-4H3/t17-/m1/s1. The Morgan fingerprint density at radius 1 is 1.31 bits per heavy atom. The summed E-state index contributed by atoms with van der Waals surface area (Å²) in [6, 6.07) is 6.83. The van der Waals surface area contributed by atoms with E-state index in [2.05, 4.69) is 4.90 Å². The fourth-order valence-electron chi connectivity index (χ4n) is 3.89. The first-order valence-corrected chi connectivity index (χ1v) is 9.23. The Morgan fingerprint density at radius 3 is 2.50 bits per heavy atom. The van der Waals surface area contributed by atoms with E-state index in [-0.39, 0.29) is 23.4 Å². The lowest BCUT2D eigenvalue weighted by atomic mass is 9.86. The van der Waals surface area contributed by atoms with Gasteiger partial charge in [-0.2, -0.15) is 0 Å². The quantitative estimate of drug-likeness (QED) is 0.824. The number of carbonyl (C=O) groups is 1. The van der Waals surface area contributed by atoms with Crippen LogP contribution in [0.2, 0.25) is 0 Å². The van der Waals surface area contributed by atoms with Crippen molar-refractivity contribution < 1.29 is 18.7 Å². The van der Waals surface area contributed by atoms with Crippen LogP contribution < -0.4 is 4.90 Å². The zero-order valence-corrected chi connectivity index (χ0v) is 16.1. The number of halogens is 1. The number of anilines is 1. The first-order chi connectivity index (χ1) is 12.3. The van der Waals surface area contributed by atoms with Crippen LogP contribution in [0.4, 0.5) is 10.1 Å². The van der Waals surface area contributed by atoms with Gasteiger partial charge in [0.25, 0.3) is 5.91 Å². The van der Waals surface area contributed by atoms with Crippen molar-refractivity contribution in [2.24, 2.45) is 0 Å². The molecule has 2 saturated heterocycles. The van der Waals surface area contributed by atoms with Crippen molar-refractivity contribution in [2.75, 3.05) is 38.8 Å². The average Bonchev–Trinajstić information content (AvgIpc) is 3.05. The SMILES string of the molecule is COC(C)(C)C(=O)N1CCC2(CC1)C[C@@H](N(C)c1ccc(F)cc1)CO2. The molecule has 26 heavy (non-hydrogen) atoms. The summed E-state index contributed by atoms with van der Waals surface area (Å²) in [5.41, 5.74) is 0.0470. The number of carbonyl (C=O) groups excluding carboxylic acids is 1. The molecule has 2 aliphatic heterocycles. The molecule has 0 radical (unpaired) electrons. The molecule has 0 aromatic heterocycles. The zero-order valence-electron chi connectivity index (χ0n) is 16.1. The van der Waals surface area contributed by atoms with Crippen LogP contribution in [-0.2, 0) is 14.3 Å². The van der Waals surface area contributed by atoms with Crippen molar-refractivity contribution in [3.05, 3.63) is 30.1 Å². The predicted octanol–water partition coefficient (Wildman–Crippen LogP) is 2.84. The maximum absolute atomic E-state index is 13.1. The van der Waals surface area contributed by atoms with Gasteiger partial charge >= 0.3 is 0 Å². The number of amides is 1. The monoisotopic (exact) mass is 364 g/mol. The molecular weight excluding hydrogens is 335 g/mol. The van der Waals surface area contributed by atoms with Gasteiger partial charge in [0.05, 0.1) is 18.2 Å². The molecule has 1 atom stereocenters. The lowest BCUT2D eigenvalue weighted by molar-refractivity contribution is -0.155. The number of nitrogens with zero attached hydrogens (tertiary/aromatic N) is 2. The zero-order chi connectivity index (χ0) is 18.9. The van der Waals surface area contributed by atoms with Crippen LogP contribution >= 0.6 is 0 Å². The highest BCUT2D eigenvalue weighted by molar-refractivity contribution is 5.84. The van der Waals surface area contributed by atoms with Gasteiger partial charge in [0.2, 0.25) is 0 Å². The number of ether oxygens (including phenoxy) is 2. The fraction of sp³-hybridized carbons (Fsp3) is 0.650. The second-order valence-electron chi connectivity index (χ2n) is 7.95. The van der Waals surface area contributed by atoms with E-state index in [0.29, 0.717) is 19.7 Å². The van der Waals surface area contributed by atoms with Crippen LogP contribution in [0, 0.1) is 5.82 Å². The van der Waals surface area contributed by atoms with E-state index >= 15 is 0 Å². The molecule has 2 aliphatic rings. The number of benzene rings is 1. The van der Waals surface area contributed by atoms with E-state index in [0.717, 1.165) is 24.9 Å². The van der Waals surface area contributed by atoms with Crippen molar-refractivity contribution in [1.29, 1.82) is 0 Å². The van der Waals surface area contributed by atoms with E-state index in [1.165, 1.54) is 12.1 Å². The summed E-state index contributed by atoms with van der Waals surface area (Å²) in [5.74, 6) is -0.190. The molecular formula is C20H29FN2O3. The summed E-state index contributed by atoms with van der Waals surface area (Å²) in [5, 5.41) is 0. The van der Waals surface area contributed by atoms with Crippen molar-refractivity contribution in [3.8, 4) is 0 Å². The van der Waals surface area contributed by atoms with Crippen molar-refractivity contribution in [3.63, 3.8) is 0 Å². The topological polar surface area (TPSA) is 42.0 Å². The minimum absolute atomic E-state index is 0.0350. The number of likely N-dealkylation sites (tertiary alicyclic amines) is 1. The first kappa shape index (κ1) is 19.1. The molecule has 1 spiro atoms. The second kappa shape index (κ2) is 7.16. The number of rotatable bonds is 4. The molecule has 0 unspecified atom stereocenters. The Bertz CT molecular complexity index is 639. The molecule has 2 heterocycles. The Kier molecular flexibility index (Phi) is 5.26. The summed E-state index contributed by atoms with van der Waals surface area (Å²) < 4.78 is 24.7. The van der Waals surface area contributed by atoms with Gasteiger partial charge in [0.1, 0.15) is 11.4 Å². The summed E-state index contributed by atoms with van der Waals surface area (Å²) in [4.78, 5) is 16.6. The van der Waals surface area contributed by atoms with Gasteiger partial charge < -0.3 is 19.3 Å². The molecule has 2 fully saturated rings. The van der Waals surface area contributed by atoms with Gasteiger partial charge in [-0.1, -0.05) is 0 Å². The molecule has 0 bridgehead atoms. The largest absolute Gasteiger partial charge is 0.373 e. The lowest BCUT2D eigenvalue weighted by Gasteiger charge is -2.41. The Hall–Kier alpha value is -1.66. The number of likely N-dealkylation sites (N-methyl/N-ethyl adjacent to an activating group) is 1. The lowest BCUT2D eigenvalue weighted by Crippen LogP contribution is -2.53. The highest BCUT2D eigenvalue weighted by Gasteiger charge is 2.45. The van der Waals surface area contributed by atoms with Crippen LogP contribution in [0.15, 0.2) is 24.3 Å². The van der Waals surface area contributed by atoms with E-state index < -0.39 is 5.60 Å². The van der Waals surface area contributed by atoms with Gasteiger partial charge in [-0.05, 0) is 57.4 Å². The predicted molar refractivity (Wildman–Crippen MR) is 98.8 cm³/mol. The highest BCUT2D eigenvalue weighted by Crippen LogP contribution is 2.38. The summed E-state index contributed by atoms with van der Waals surface area (Å²) in [7, 11) is 3.60. The van der Waals surface area contributed by atoms with Gasteiger partial charge in [0, 0.05) is 32.9 Å². The van der Waals surface area contributed by atoms with Crippen molar-refractivity contribution in [1.82, 2.24) is 4.90 Å². The summed E-state index contributed by atoms with van der Waals surface area (Å²) >= 11 is 0. The van der Waals surface area contributed by atoms with Gasteiger partial charge in [-0.15, -0.1) is 0 Å². The molecule has 0 aliphatic carbocycles. The van der Waals surface area contributed by atoms with Crippen LogP contribution in [0.1, 0.15) is 33.1 Å². The number of hydrogen-bond acceptors (Lipinski definition) is 4. The van der Waals surface area contributed by atoms with E-state index in [4.69, 9.17) is 9.47 Å². The number of piperidine rings is 1. The normalized spacial score (nSPS) is 22.7. The van der Waals surface area contributed by atoms with Gasteiger partial charge in [0.15, 0.2) is 0 Å². The molecule has 1 aromatic carbocycles. The van der Waals surface area contributed by atoms with Crippen LogP contribution in [0.3, 0.4) is 0 Å². The van der Waals surface area contributed by atoms with E-state index in [1.807, 2.05) is 11.9 Å². The number of hydrogen-bond donors (Lipinski definition) is 0. The van der Waals surface area contributed by atoms with Crippen LogP contribution in [0.25, 0.3) is 0 Å². The number of methoxy groups -OCH3 is 1. The second-order valence-corrected chi connectivity index (χ2v) is 7.95. The van der Waals surface area contributed by atoms with Crippen LogP contribution in [0.5, 0.6) is 0 Å². The molecule has 0 saturated carbocycles. The first-order valence-electron chi connectivity index (χ1n) is 9.23. The minimum atomic E-state index is -0.785. The third kappa shape index (κ3) is 3.71. The van der Waals surface area contributed by atoms with E-state index in [9.17, 15) is 9.18 Å². The van der Waals surface area contributed by atoms with Gasteiger partial charge in [-0.25, -0.2) is 4.39 Å². The van der Waals surface area contributed by atoms with Crippen molar-refractivity contribution in [2.45, 2.75) is 50.4 Å². The minimum Gasteiger partial charge on any atom is -0.373 e. The molecule has 1 aromatic rings. The molecule has 3 rings (SSSR count). The third-order valence-corrected chi connectivity index (χ3v) is 5.96. The Balaban J connectivity index is 1.59. The Morgan fingerprint density at radius 2 is 1.92 bits per heavy atom. The van der Waals surface area contributed by atoms with Gasteiger partial charge in [-0.3, -0.25) is 4.79 Å². The highest BCUT2D eigenvalue weighted by atomic mass is 19.1. The smallest absolute Gasteiger partial charge is 0.254 e. The van der Waals surface area contributed by atoms with E-state index in [1.54, 1.807) is 33.1 Å². The Labute approximate surface area is 155 Å². The molecule has 6 heteroatoms. The maximum atomic E-state index is 13.1. The molecule has 1 amide bonds. The average molecular weight is 364 g/mol. The maximum Gasteiger partial charge on any atom is 0.254 e. The summed E-state index contributed by atoms with van der Waals surface area (Å²) in [6.07, 6.45) is 2.61.